The van der Waals surface area contributed by atoms with E-state index in [-0.39, 0.29) is 12.3 Å². The van der Waals surface area contributed by atoms with Crippen LogP contribution in [0.15, 0.2) is 40.9 Å². The molecule has 1 N–H and O–H groups in total. The van der Waals surface area contributed by atoms with Crippen LogP contribution in [0.3, 0.4) is 0 Å². The van der Waals surface area contributed by atoms with E-state index in [1.165, 1.54) is 0 Å². The second-order valence-electron chi connectivity index (χ2n) is 4.98. The average Bonchev–Trinajstić information content (AvgIpc) is 2.84. The normalized spacial score (nSPS) is 10.9. The van der Waals surface area contributed by atoms with E-state index in [9.17, 15) is 4.79 Å². The number of carbonyl (C=O) groups excluding carboxylic acids is 1. The smallest absolute Gasteiger partial charge is 0.230 e. The Balaban J connectivity index is 1.79. The highest BCUT2D eigenvalue weighted by molar-refractivity contribution is 6.36. The molecule has 0 aliphatic carbocycles. The number of halogens is 2. The van der Waals surface area contributed by atoms with E-state index >= 15 is 0 Å². The minimum Gasteiger partial charge on any atom is -0.356 e. The second-order valence-corrected chi connectivity index (χ2v) is 5.82. The van der Waals surface area contributed by atoms with Crippen LogP contribution in [0.1, 0.15) is 11.3 Å². The lowest BCUT2D eigenvalue weighted by Crippen LogP contribution is -2.15. The van der Waals surface area contributed by atoms with Gasteiger partial charge in [0.05, 0.1) is 17.1 Å². The van der Waals surface area contributed by atoms with Crippen molar-refractivity contribution in [2.45, 2.75) is 13.3 Å². The monoisotopic (exact) mass is 334 g/mol. The third kappa shape index (κ3) is 3.08. The summed E-state index contributed by atoms with van der Waals surface area (Å²) in [6.45, 7) is 1.98. The van der Waals surface area contributed by atoms with Gasteiger partial charge < -0.3 is 9.84 Å². The number of nitrogens with zero attached hydrogens (tertiary/aromatic N) is 1. The summed E-state index contributed by atoms with van der Waals surface area (Å²) in [4.78, 5) is 12.2. The van der Waals surface area contributed by atoms with Crippen LogP contribution in [0, 0.1) is 6.92 Å². The maximum absolute atomic E-state index is 12.2. The molecule has 0 saturated heterocycles. The number of aryl methyl sites for hydroxylation is 1. The van der Waals surface area contributed by atoms with Gasteiger partial charge in [-0.25, -0.2) is 0 Å². The summed E-state index contributed by atoms with van der Waals surface area (Å²) in [5, 5.41) is 8.46. The van der Waals surface area contributed by atoms with Crippen LogP contribution < -0.4 is 5.32 Å². The molecule has 112 valence electrons. The third-order valence-corrected chi connectivity index (χ3v) is 3.78. The van der Waals surface area contributed by atoms with Gasteiger partial charge in [-0.1, -0.05) is 40.0 Å². The van der Waals surface area contributed by atoms with E-state index in [2.05, 4.69) is 10.5 Å². The van der Waals surface area contributed by atoms with Gasteiger partial charge in [0, 0.05) is 10.4 Å². The van der Waals surface area contributed by atoms with Crippen molar-refractivity contribution in [2.24, 2.45) is 0 Å². The predicted octanol–water partition coefficient (Wildman–Crippen LogP) is 4.62. The van der Waals surface area contributed by atoms with Gasteiger partial charge in [0.25, 0.3) is 0 Å². The summed E-state index contributed by atoms with van der Waals surface area (Å²) >= 11 is 11.9. The van der Waals surface area contributed by atoms with Crippen molar-refractivity contribution in [3.8, 4) is 0 Å². The predicted molar refractivity (Wildman–Crippen MR) is 87.5 cm³/mol. The summed E-state index contributed by atoms with van der Waals surface area (Å²) in [7, 11) is 0. The Kier molecular flexibility index (Phi) is 4.05. The highest BCUT2D eigenvalue weighted by Crippen LogP contribution is 2.26. The fourth-order valence-corrected chi connectivity index (χ4v) is 2.62. The summed E-state index contributed by atoms with van der Waals surface area (Å²) in [5.74, 6) is -0.221. The Morgan fingerprint density at radius 1 is 1.23 bits per heavy atom. The van der Waals surface area contributed by atoms with E-state index in [1.807, 2.05) is 25.1 Å². The molecule has 4 nitrogen and oxygen atoms in total. The van der Waals surface area contributed by atoms with Gasteiger partial charge in [0.1, 0.15) is 5.69 Å². The molecule has 0 unspecified atom stereocenters. The van der Waals surface area contributed by atoms with Crippen LogP contribution in [0.25, 0.3) is 11.0 Å². The minimum absolute atomic E-state index is 0.107. The summed E-state index contributed by atoms with van der Waals surface area (Å²) in [5.41, 5.74) is 2.86. The van der Waals surface area contributed by atoms with Crippen LogP contribution in [0.5, 0.6) is 0 Å². The highest BCUT2D eigenvalue weighted by atomic mass is 35.5. The summed E-state index contributed by atoms with van der Waals surface area (Å²) in [6, 6.07) is 10.6. The van der Waals surface area contributed by atoms with Gasteiger partial charge in [-0.3, -0.25) is 4.79 Å². The Hall–Kier alpha value is -2.04. The quantitative estimate of drug-likeness (QED) is 0.760. The van der Waals surface area contributed by atoms with Crippen molar-refractivity contribution in [1.82, 2.24) is 5.16 Å². The van der Waals surface area contributed by atoms with Crippen molar-refractivity contribution in [3.05, 3.63) is 57.7 Å². The van der Waals surface area contributed by atoms with Crippen LogP contribution >= 0.6 is 23.2 Å². The number of amides is 1. The Morgan fingerprint density at radius 3 is 2.82 bits per heavy atom. The number of carbonyl (C=O) groups is 1. The fourth-order valence-electron chi connectivity index (χ4n) is 2.17. The molecule has 6 heteroatoms. The lowest BCUT2D eigenvalue weighted by molar-refractivity contribution is -0.115. The number of benzene rings is 2. The van der Waals surface area contributed by atoms with Crippen LogP contribution in [-0.2, 0) is 11.2 Å². The molecule has 0 bridgehead atoms. The Morgan fingerprint density at radius 2 is 2.05 bits per heavy atom. The number of hydrogen-bond donors (Lipinski definition) is 1. The van der Waals surface area contributed by atoms with Crippen molar-refractivity contribution >= 4 is 45.8 Å². The molecule has 0 atom stereocenters. The topological polar surface area (TPSA) is 55.1 Å². The molecule has 0 radical (unpaired) electrons. The molecule has 0 saturated carbocycles. The average molecular weight is 335 g/mol. The first kappa shape index (κ1) is 14.9. The molecule has 0 aliphatic rings. The maximum Gasteiger partial charge on any atom is 0.230 e. The molecule has 22 heavy (non-hydrogen) atoms. The number of nitrogens with one attached hydrogen (secondary N) is 1. The van der Waals surface area contributed by atoms with Crippen molar-refractivity contribution in [3.63, 3.8) is 0 Å². The first-order valence-corrected chi connectivity index (χ1v) is 7.38. The highest BCUT2D eigenvalue weighted by Gasteiger charge is 2.13. The van der Waals surface area contributed by atoms with Crippen LogP contribution in [0.4, 0.5) is 5.69 Å². The molecule has 1 aromatic heterocycles. The van der Waals surface area contributed by atoms with E-state index in [0.717, 1.165) is 10.9 Å². The maximum atomic E-state index is 12.2. The van der Waals surface area contributed by atoms with Gasteiger partial charge >= 0.3 is 0 Å². The van der Waals surface area contributed by atoms with Gasteiger partial charge in [-0.2, -0.15) is 0 Å². The zero-order valence-electron chi connectivity index (χ0n) is 11.7. The van der Waals surface area contributed by atoms with Gasteiger partial charge in [0.2, 0.25) is 5.91 Å². The molecule has 3 rings (SSSR count). The molecule has 2 aromatic carbocycles. The van der Waals surface area contributed by atoms with E-state index < -0.39 is 0 Å². The van der Waals surface area contributed by atoms with Crippen LogP contribution in [-0.4, -0.2) is 11.1 Å². The molecular formula is C16H12Cl2N2O2. The second kappa shape index (κ2) is 5.99. The van der Waals surface area contributed by atoms with E-state index in [4.69, 9.17) is 27.7 Å². The SMILES string of the molecule is Cc1ccc2onc(CC(=O)Nc3ccc(Cl)cc3Cl)c2c1. The number of anilines is 1. The van der Waals surface area contributed by atoms with Crippen molar-refractivity contribution in [2.75, 3.05) is 5.32 Å². The van der Waals surface area contributed by atoms with Crippen molar-refractivity contribution in [1.29, 1.82) is 0 Å². The molecular weight excluding hydrogens is 323 g/mol. The molecule has 3 aromatic rings. The number of hydrogen-bond acceptors (Lipinski definition) is 3. The fraction of sp³-hybridized carbons (Fsp3) is 0.125. The standard InChI is InChI=1S/C16H12Cl2N2O2/c1-9-2-5-15-11(6-9)14(20-22-15)8-16(21)19-13-4-3-10(17)7-12(13)18/h2-7H,8H2,1H3,(H,19,21). The zero-order valence-corrected chi connectivity index (χ0v) is 13.2. The van der Waals surface area contributed by atoms with Crippen molar-refractivity contribution < 1.29 is 9.32 Å². The molecule has 1 amide bonds. The summed E-state index contributed by atoms with van der Waals surface area (Å²) in [6.07, 6.45) is 0.107. The lowest BCUT2D eigenvalue weighted by Gasteiger charge is -2.06. The van der Waals surface area contributed by atoms with Gasteiger partial charge in [0.15, 0.2) is 5.58 Å². The van der Waals surface area contributed by atoms with Crippen LogP contribution in [0.2, 0.25) is 10.0 Å². The molecule has 0 fully saturated rings. The number of rotatable bonds is 3. The molecule has 0 aliphatic heterocycles. The van der Waals surface area contributed by atoms with E-state index in [0.29, 0.717) is 27.0 Å². The number of fused-ring (bicyclic) bond motifs is 1. The largest absolute Gasteiger partial charge is 0.356 e. The Bertz CT molecular complexity index is 858. The van der Waals surface area contributed by atoms with Gasteiger partial charge in [-0.05, 0) is 37.3 Å². The number of aromatic nitrogens is 1. The Labute approximate surface area is 137 Å². The molecule has 1 heterocycles. The molecule has 0 spiro atoms. The summed E-state index contributed by atoms with van der Waals surface area (Å²) < 4.78 is 5.22. The first-order chi connectivity index (χ1) is 10.5. The first-order valence-electron chi connectivity index (χ1n) is 6.63. The zero-order chi connectivity index (χ0) is 15.7. The third-order valence-electron chi connectivity index (χ3n) is 3.23. The lowest BCUT2D eigenvalue weighted by atomic mass is 10.1. The minimum atomic E-state index is -0.221. The van der Waals surface area contributed by atoms with Gasteiger partial charge in [-0.15, -0.1) is 0 Å². The van der Waals surface area contributed by atoms with E-state index in [1.54, 1.807) is 18.2 Å².